The van der Waals surface area contributed by atoms with Crippen molar-refractivity contribution < 1.29 is 9.59 Å². The molecule has 1 aromatic heterocycles. The molecular weight excluding hydrogens is 258 g/mol. The zero-order chi connectivity index (χ0) is 14.7. The highest BCUT2D eigenvalue weighted by Crippen LogP contribution is 2.11. The molecule has 1 atom stereocenters. The molecule has 1 fully saturated rings. The van der Waals surface area contributed by atoms with Crippen molar-refractivity contribution >= 4 is 11.8 Å². The van der Waals surface area contributed by atoms with Crippen LogP contribution in [0.5, 0.6) is 0 Å². The number of amides is 2. The summed E-state index contributed by atoms with van der Waals surface area (Å²) in [4.78, 5) is 29.6. The molecule has 0 spiro atoms. The first-order valence-electron chi connectivity index (χ1n) is 6.97. The smallest absolute Gasteiger partial charge is 0.246 e. The number of carbonyl (C=O) groups excluding carboxylic acids is 2. The number of rotatable bonds is 5. The molecule has 1 N–H and O–H groups in total. The summed E-state index contributed by atoms with van der Waals surface area (Å²) in [6.07, 6.45) is 2.13. The Kier molecular flexibility index (Phi) is 4.49. The summed E-state index contributed by atoms with van der Waals surface area (Å²) in [5.41, 5.74) is 0. The van der Waals surface area contributed by atoms with E-state index in [1.807, 2.05) is 6.92 Å². The van der Waals surface area contributed by atoms with Gasteiger partial charge in [0.15, 0.2) is 0 Å². The third-order valence-electron chi connectivity index (χ3n) is 3.31. The number of imide groups is 1. The average molecular weight is 279 g/mol. The number of hydrogen-bond acceptors (Lipinski definition) is 5. The summed E-state index contributed by atoms with van der Waals surface area (Å²) in [6, 6.07) is -0.283. The monoisotopic (exact) mass is 279 g/mol. The highest BCUT2D eigenvalue weighted by Gasteiger charge is 2.33. The van der Waals surface area contributed by atoms with Crippen molar-refractivity contribution in [1.29, 1.82) is 0 Å². The van der Waals surface area contributed by atoms with E-state index >= 15 is 0 Å². The van der Waals surface area contributed by atoms with Gasteiger partial charge in [0.25, 0.3) is 0 Å². The fraction of sp³-hybridized carbons (Fsp3) is 0.692. The third-order valence-corrected chi connectivity index (χ3v) is 3.31. The minimum atomic E-state index is -0.283. The van der Waals surface area contributed by atoms with Crippen LogP contribution in [0.3, 0.4) is 0 Å². The number of aromatic nitrogens is 3. The van der Waals surface area contributed by atoms with E-state index < -0.39 is 0 Å². The van der Waals surface area contributed by atoms with Crippen LogP contribution >= 0.6 is 0 Å². The minimum absolute atomic E-state index is 0.178. The van der Waals surface area contributed by atoms with Gasteiger partial charge in [-0.15, -0.1) is 0 Å². The highest BCUT2D eigenvalue weighted by atomic mass is 16.2. The molecule has 1 saturated heterocycles. The molecule has 1 aliphatic rings. The van der Waals surface area contributed by atoms with Crippen LogP contribution in [0.15, 0.2) is 6.33 Å². The minimum Gasteiger partial charge on any atom is -0.297 e. The Morgan fingerprint density at radius 2 is 2.20 bits per heavy atom. The summed E-state index contributed by atoms with van der Waals surface area (Å²) in [5.74, 6) is 0.687. The Hall–Kier alpha value is -1.76. The molecule has 1 aliphatic heterocycles. The molecular formula is C13H21N5O2. The molecule has 0 radical (unpaired) electrons. The second-order valence-corrected chi connectivity index (χ2v) is 5.41. The van der Waals surface area contributed by atoms with Crippen LogP contribution in [0.25, 0.3) is 0 Å². The van der Waals surface area contributed by atoms with Crippen molar-refractivity contribution in [2.24, 2.45) is 5.92 Å². The standard InChI is InChI=1S/C13H21N5O2/c1-4-10-13(20)17(12(19)5-14-10)7-11-15-8-16-18(11)6-9(2)3/h8-10,14H,4-7H2,1-3H3. The number of hydrogen-bond donors (Lipinski definition) is 1. The van der Waals surface area contributed by atoms with Gasteiger partial charge in [-0.3, -0.25) is 19.8 Å². The van der Waals surface area contributed by atoms with Gasteiger partial charge in [-0.2, -0.15) is 5.10 Å². The lowest BCUT2D eigenvalue weighted by molar-refractivity contribution is -0.150. The Morgan fingerprint density at radius 3 is 2.85 bits per heavy atom. The van der Waals surface area contributed by atoms with Gasteiger partial charge in [0.05, 0.1) is 19.1 Å². The van der Waals surface area contributed by atoms with E-state index in [1.54, 1.807) is 4.68 Å². The second kappa shape index (κ2) is 6.13. The van der Waals surface area contributed by atoms with Crippen LogP contribution in [0.4, 0.5) is 0 Å². The van der Waals surface area contributed by atoms with Gasteiger partial charge in [0.2, 0.25) is 11.8 Å². The Balaban J connectivity index is 2.13. The molecule has 1 aromatic rings. The van der Waals surface area contributed by atoms with Gasteiger partial charge < -0.3 is 0 Å². The summed E-state index contributed by atoms with van der Waals surface area (Å²) < 4.78 is 1.76. The predicted octanol–water partition coefficient (Wildman–Crippen LogP) is 0.171. The number of carbonyl (C=O) groups is 2. The molecule has 2 amide bonds. The van der Waals surface area contributed by atoms with Gasteiger partial charge in [0.1, 0.15) is 12.2 Å². The van der Waals surface area contributed by atoms with Gasteiger partial charge >= 0.3 is 0 Å². The van der Waals surface area contributed by atoms with E-state index in [1.165, 1.54) is 11.2 Å². The Morgan fingerprint density at radius 1 is 1.45 bits per heavy atom. The second-order valence-electron chi connectivity index (χ2n) is 5.41. The van der Waals surface area contributed by atoms with E-state index in [-0.39, 0.29) is 30.9 Å². The summed E-state index contributed by atoms with van der Waals surface area (Å²) in [5, 5.41) is 7.09. The normalized spacial score (nSPS) is 20.0. The summed E-state index contributed by atoms with van der Waals surface area (Å²) in [7, 11) is 0. The van der Waals surface area contributed by atoms with Crippen LogP contribution in [0, 0.1) is 5.92 Å². The van der Waals surface area contributed by atoms with Crippen molar-refractivity contribution in [2.45, 2.75) is 46.3 Å². The molecule has 0 aromatic carbocycles. The quantitative estimate of drug-likeness (QED) is 0.777. The summed E-state index contributed by atoms with van der Waals surface area (Å²) >= 11 is 0. The van der Waals surface area contributed by atoms with Crippen LogP contribution in [0.2, 0.25) is 0 Å². The van der Waals surface area contributed by atoms with Gasteiger partial charge in [-0.05, 0) is 12.3 Å². The molecule has 2 heterocycles. The molecule has 2 rings (SSSR count). The van der Waals surface area contributed by atoms with Crippen LogP contribution < -0.4 is 5.32 Å². The molecule has 110 valence electrons. The van der Waals surface area contributed by atoms with Gasteiger partial charge in [0, 0.05) is 6.54 Å². The zero-order valence-corrected chi connectivity index (χ0v) is 12.2. The van der Waals surface area contributed by atoms with Gasteiger partial charge in [-0.1, -0.05) is 20.8 Å². The fourth-order valence-corrected chi connectivity index (χ4v) is 2.24. The first-order chi connectivity index (χ1) is 9.52. The molecule has 1 unspecified atom stereocenters. The lowest BCUT2D eigenvalue weighted by atomic mass is 10.1. The van der Waals surface area contributed by atoms with Crippen molar-refractivity contribution in [3.8, 4) is 0 Å². The first-order valence-corrected chi connectivity index (χ1v) is 6.97. The van der Waals surface area contributed by atoms with Crippen molar-refractivity contribution in [3.05, 3.63) is 12.2 Å². The number of piperazine rings is 1. The lowest BCUT2D eigenvalue weighted by Crippen LogP contribution is -2.57. The van der Waals surface area contributed by atoms with Crippen molar-refractivity contribution in [2.75, 3.05) is 6.54 Å². The van der Waals surface area contributed by atoms with E-state index in [0.717, 1.165) is 6.54 Å². The molecule has 20 heavy (non-hydrogen) atoms. The zero-order valence-electron chi connectivity index (χ0n) is 12.2. The maximum Gasteiger partial charge on any atom is 0.246 e. The first kappa shape index (κ1) is 14.6. The number of nitrogens with zero attached hydrogens (tertiary/aromatic N) is 4. The Bertz CT molecular complexity index is 497. The topological polar surface area (TPSA) is 80.1 Å². The highest BCUT2D eigenvalue weighted by molar-refractivity contribution is 6.01. The fourth-order valence-electron chi connectivity index (χ4n) is 2.24. The molecule has 0 saturated carbocycles. The molecule has 7 nitrogen and oxygen atoms in total. The van der Waals surface area contributed by atoms with Crippen molar-refractivity contribution in [1.82, 2.24) is 25.0 Å². The SMILES string of the molecule is CCC1NCC(=O)N(Cc2ncnn2CC(C)C)C1=O. The van der Waals surface area contributed by atoms with E-state index in [4.69, 9.17) is 0 Å². The van der Waals surface area contributed by atoms with Crippen LogP contribution in [0.1, 0.15) is 33.0 Å². The third kappa shape index (κ3) is 3.04. The van der Waals surface area contributed by atoms with E-state index in [2.05, 4.69) is 29.2 Å². The maximum absolute atomic E-state index is 12.2. The van der Waals surface area contributed by atoms with E-state index in [0.29, 0.717) is 18.2 Å². The maximum atomic E-state index is 12.2. The molecule has 0 bridgehead atoms. The average Bonchev–Trinajstić information content (AvgIpc) is 2.81. The largest absolute Gasteiger partial charge is 0.297 e. The van der Waals surface area contributed by atoms with Crippen LogP contribution in [-0.2, 0) is 22.7 Å². The Labute approximate surface area is 118 Å². The number of nitrogens with one attached hydrogen (secondary N) is 1. The van der Waals surface area contributed by atoms with Gasteiger partial charge in [-0.25, -0.2) is 9.67 Å². The van der Waals surface area contributed by atoms with Crippen LogP contribution in [-0.4, -0.2) is 44.1 Å². The van der Waals surface area contributed by atoms with Crippen molar-refractivity contribution in [3.63, 3.8) is 0 Å². The van der Waals surface area contributed by atoms with E-state index in [9.17, 15) is 9.59 Å². The summed E-state index contributed by atoms with van der Waals surface area (Å²) in [6.45, 7) is 7.20. The molecule has 7 heteroatoms. The lowest BCUT2D eigenvalue weighted by Gasteiger charge is -2.30. The molecule has 0 aliphatic carbocycles. The predicted molar refractivity (Wildman–Crippen MR) is 72.5 cm³/mol.